The smallest absolute Gasteiger partial charge is 0.309 e. The average Bonchev–Trinajstić information content (AvgIpc) is 2.38. The fourth-order valence-electron chi connectivity index (χ4n) is 3.47. The van der Waals surface area contributed by atoms with Gasteiger partial charge in [0.25, 0.3) is 0 Å². The van der Waals surface area contributed by atoms with Crippen molar-refractivity contribution in [2.45, 2.75) is 45.1 Å². The minimum atomic E-state index is -0.780. The standard InChI is InChI=1S/C13H19NO5/c1-2-19-13(16)8-6-10-9(4-3-5-12(10)15)11(7-8)14(17)18/h8-11H,2-7H2,1H3/t8-,9-,10+,11-/m0/s1. The third kappa shape index (κ3) is 2.77. The summed E-state index contributed by atoms with van der Waals surface area (Å²) in [5.74, 6) is -1.34. The summed E-state index contributed by atoms with van der Waals surface area (Å²) < 4.78 is 4.95. The molecule has 0 spiro atoms. The second-order valence-corrected chi connectivity index (χ2v) is 5.40. The van der Waals surface area contributed by atoms with Gasteiger partial charge in [-0.15, -0.1) is 0 Å². The minimum absolute atomic E-state index is 0.0806. The van der Waals surface area contributed by atoms with Crippen molar-refractivity contribution >= 4 is 11.8 Å². The first-order chi connectivity index (χ1) is 9.04. The van der Waals surface area contributed by atoms with Crippen molar-refractivity contribution in [2.75, 3.05) is 6.61 Å². The molecule has 0 heterocycles. The second-order valence-electron chi connectivity index (χ2n) is 5.40. The zero-order chi connectivity index (χ0) is 14.0. The van der Waals surface area contributed by atoms with Crippen LogP contribution in [0, 0.1) is 27.9 Å². The third-order valence-electron chi connectivity index (χ3n) is 4.34. The number of hydrogen-bond donors (Lipinski definition) is 0. The third-order valence-corrected chi connectivity index (χ3v) is 4.34. The van der Waals surface area contributed by atoms with Crippen molar-refractivity contribution in [1.82, 2.24) is 0 Å². The van der Waals surface area contributed by atoms with Crippen LogP contribution in [0.1, 0.15) is 39.0 Å². The van der Waals surface area contributed by atoms with E-state index in [4.69, 9.17) is 4.74 Å². The molecule has 0 radical (unpaired) electrons. The summed E-state index contributed by atoms with van der Waals surface area (Å²) in [6.07, 6.45) is 2.57. The molecule has 0 aromatic carbocycles. The number of esters is 1. The van der Waals surface area contributed by atoms with E-state index in [-0.39, 0.29) is 35.6 Å². The number of fused-ring (bicyclic) bond motifs is 1. The summed E-state index contributed by atoms with van der Waals surface area (Å²) in [6, 6.07) is -0.780. The van der Waals surface area contributed by atoms with Gasteiger partial charge in [0.15, 0.2) is 0 Å². The van der Waals surface area contributed by atoms with Crippen molar-refractivity contribution in [1.29, 1.82) is 0 Å². The molecule has 2 rings (SSSR count). The summed E-state index contributed by atoms with van der Waals surface area (Å²) in [6.45, 7) is 1.97. The lowest BCUT2D eigenvalue weighted by Gasteiger charge is -2.38. The Morgan fingerprint density at radius 3 is 2.84 bits per heavy atom. The Morgan fingerprint density at radius 2 is 2.21 bits per heavy atom. The van der Waals surface area contributed by atoms with E-state index in [2.05, 4.69) is 0 Å². The van der Waals surface area contributed by atoms with Crippen LogP contribution in [0.3, 0.4) is 0 Å². The Bertz CT molecular complexity index is 386. The van der Waals surface area contributed by atoms with Crippen LogP contribution in [0.15, 0.2) is 0 Å². The van der Waals surface area contributed by atoms with E-state index in [1.807, 2.05) is 0 Å². The molecule has 0 unspecified atom stereocenters. The Morgan fingerprint density at radius 1 is 1.47 bits per heavy atom. The first kappa shape index (κ1) is 14.0. The molecule has 2 saturated carbocycles. The minimum Gasteiger partial charge on any atom is -0.466 e. The first-order valence-electron chi connectivity index (χ1n) is 6.87. The lowest BCUT2D eigenvalue weighted by molar-refractivity contribution is -0.539. The highest BCUT2D eigenvalue weighted by Gasteiger charge is 2.50. The summed E-state index contributed by atoms with van der Waals surface area (Å²) >= 11 is 0. The lowest BCUT2D eigenvalue weighted by Crippen LogP contribution is -2.47. The topological polar surface area (TPSA) is 86.5 Å². The molecule has 0 saturated heterocycles. The maximum absolute atomic E-state index is 11.9. The number of hydrogen-bond acceptors (Lipinski definition) is 5. The molecule has 106 valence electrons. The molecule has 19 heavy (non-hydrogen) atoms. The van der Waals surface area contributed by atoms with Crippen molar-refractivity contribution in [2.24, 2.45) is 17.8 Å². The molecule has 2 aliphatic carbocycles. The highest BCUT2D eigenvalue weighted by molar-refractivity contribution is 5.83. The molecule has 4 atom stereocenters. The first-order valence-corrected chi connectivity index (χ1v) is 6.87. The lowest BCUT2D eigenvalue weighted by atomic mass is 9.64. The number of rotatable bonds is 3. The van der Waals surface area contributed by atoms with E-state index < -0.39 is 17.9 Å². The predicted octanol–water partition coefficient (Wildman–Crippen LogP) is 1.59. The zero-order valence-corrected chi connectivity index (χ0v) is 11.0. The van der Waals surface area contributed by atoms with Gasteiger partial charge in [-0.1, -0.05) is 0 Å². The van der Waals surface area contributed by atoms with Gasteiger partial charge in [-0.25, -0.2) is 0 Å². The van der Waals surface area contributed by atoms with E-state index in [1.165, 1.54) is 0 Å². The van der Waals surface area contributed by atoms with Gasteiger partial charge in [-0.2, -0.15) is 0 Å². The van der Waals surface area contributed by atoms with Crippen LogP contribution in [0.25, 0.3) is 0 Å². The second kappa shape index (κ2) is 5.67. The van der Waals surface area contributed by atoms with Gasteiger partial charge in [0.05, 0.1) is 12.5 Å². The molecule has 0 aromatic rings. The predicted molar refractivity (Wildman–Crippen MR) is 66.0 cm³/mol. The number of ketones is 1. The van der Waals surface area contributed by atoms with E-state index in [1.54, 1.807) is 6.92 Å². The molecule has 2 aliphatic rings. The van der Waals surface area contributed by atoms with Crippen LogP contribution in [-0.4, -0.2) is 29.3 Å². The van der Waals surface area contributed by atoms with Crippen LogP contribution in [0.4, 0.5) is 0 Å². The van der Waals surface area contributed by atoms with Crippen molar-refractivity contribution < 1.29 is 19.2 Å². The molecule has 0 aliphatic heterocycles. The fourth-order valence-corrected chi connectivity index (χ4v) is 3.47. The van der Waals surface area contributed by atoms with Gasteiger partial charge in [0.1, 0.15) is 5.78 Å². The van der Waals surface area contributed by atoms with Crippen molar-refractivity contribution in [3.63, 3.8) is 0 Å². The van der Waals surface area contributed by atoms with E-state index in [9.17, 15) is 19.7 Å². The van der Waals surface area contributed by atoms with Crippen molar-refractivity contribution in [3.05, 3.63) is 10.1 Å². The number of Topliss-reactive ketones (excluding diaryl/α,β-unsaturated/α-hetero) is 1. The van der Waals surface area contributed by atoms with Crippen LogP contribution in [0.2, 0.25) is 0 Å². The van der Waals surface area contributed by atoms with Crippen LogP contribution in [-0.2, 0) is 14.3 Å². The van der Waals surface area contributed by atoms with Gasteiger partial charge >= 0.3 is 5.97 Å². The molecule has 0 bridgehead atoms. The van der Waals surface area contributed by atoms with Gasteiger partial charge in [0, 0.05) is 29.6 Å². The van der Waals surface area contributed by atoms with Gasteiger partial charge in [-0.05, 0) is 26.2 Å². The summed E-state index contributed by atoms with van der Waals surface area (Å²) in [4.78, 5) is 34.6. The molecular weight excluding hydrogens is 250 g/mol. The SMILES string of the molecule is CCOC(=O)[C@H]1C[C@H]2C(=O)CCC[C@@H]2[C@@H]([N+](=O)[O-])C1. The highest BCUT2D eigenvalue weighted by Crippen LogP contribution is 2.42. The fraction of sp³-hybridized carbons (Fsp3) is 0.846. The van der Waals surface area contributed by atoms with E-state index in [0.717, 1.165) is 12.8 Å². The van der Waals surface area contributed by atoms with Gasteiger partial charge in [-0.3, -0.25) is 19.7 Å². The van der Waals surface area contributed by atoms with Crippen LogP contribution in [0.5, 0.6) is 0 Å². The van der Waals surface area contributed by atoms with Crippen LogP contribution >= 0.6 is 0 Å². The quantitative estimate of drug-likeness (QED) is 0.441. The summed E-state index contributed by atoms with van der Waals surface area (Å²) in [5, 5.41) is 11.2. The Labute approximate surface area is 111 Å². The number of ether oxygens (including phenoxy) is 1. The highest BCUT2D eigenvalue weighted by atomic mass is 16.6. The maximum atomic E-state index is 11.9. The summed E-state index contributed by atoms with van der Waals surface area (Å²) in [5.41, 5.74) is 0. The van der Waals surface area contributed by atoms with E-state index in [0.29, 0.717) is 12.8 Å². The molecule has 0 aromatic heterocycles. The van der Waals surface area contributed by atoms with Crippen molar-refractivity contribution in [3.8, 4) is 0 Å². The number of carbonyl (C=O) groups excluding carboxylic acids is 2. The number of nitrogens with zero attached hydrogens (tertiary/aromatic N) is 1. The maximum Gasteiger partial charge on any atom is 0.309 e. The van der Waals surface area contributed by atoms with E-state index >= 15 is 0 Å². The molecule has 0 N–H and O–H groups in total. The summed E-state index contributed by atoms with van der Waals surface area (Å²) in [7, 11) is 0. The normalized spacial score (nSPS) is 34.5. The molecule has 6 nitrogen and oxygen atoms in total. The Kier molecular flexibility index (Phi) is 4.17. The van der Waals surface area contributed by atoms with Gasteiger partial charge in [0.2, 0.25) is 6.04 Å². The monoisotopic (exact) mass is 269 g/mol. The Balaban J connectivity index is 2.17. The number of nitro groups is 1. The Hall–Kier alpha value is -1.46. The molecule has 0 amide bonds. The van der Waals surface area contributed by atoms with Crippen LogP contribution < -0.4 is 0 Å². The molecule has 2 fully saturated rings. The zero-order valence-electron chi connectivity index (χ0n) is 11.0. The molecular formula is C13H19NO5. The largest absolute Gasteiger partial charge is 0.466 e. The molecule has 6 heteroatoms. The van der Waals surface area contributed by atoms with Gasteiger partial charge < -0.3 is 4.74 Å². The number of carbonyl (C=O) groups is 2. The average molecular weight is 269 g/mol.